The zero-order valence-corrected chi connectivity index (χ0v) is 12.5. The number of hydrogen-bond donors (Lipinski definition) is 0. The molecule has 132 valence electrons. The third kappa shape index (κ3) is 2.66. The third-order valence-corrected chi connectivity index (χ3v) is 5.05. The Morgan fingerprint density at radius 3 is 1.36 bits per heavy atom. The predicted octanol–water partition coefficient (Wildman–Crippen LogP) is 5.69. The van der Waals surface area contributed by atoms with E-state index >= 15 is 0 Å². The second-order valence-electron chi connectivity index (χ2n) is 4.91. The summed E-state index contributed by atoms with van der Waals surface area (Å²) < 4.78 is 140. The Bertz CT molecular complexity index is 412. The van der Waals surface area contributed by atoms with Crippen molar-refractivity contribution in [1.29, 1.82) is 0 Å². The summed E-state index contributed by atoms with van der Waals surface area (Å²) in [5.41, 5.74) is -5.98. The molecule has 1 aliphatic rings. The summed E-state index contributed by atoms with van der Waals surface area (Å²) in [6, 6.07) is 0. The molecule has 0 spiro atoms. The highest BCUT2D eigenvalue weighted by Gasteiger charge is 2.88. The van der Waals surface area contributed by atoms with E-state index in [1.807, 2.05) is 0 Å². The van der Waals surface area contributed by atoms with Crippen LogP contribution in [0.4, 0.5) is 48.3 Å². The summed E-state index contributed by atoms with van der Waals surface area (Å²) in [4.78, 5) is 0. The molecule has 0 aromatic carbocycles. The van der Waals surface area contributed by atoms with Crippen LogP contribution in [0.15, 0.2) is 0 Å². The quantitative estimate of drug-likeness (QED) is 0.286. The first-order chi connectivity index (χ1) is 9.52. The Morgan fingerprint density at radius 1 is 0.636 bits per heavy atom. The Kier molecular flexibility index (Phi) is 5.00. The van der Waals surface area contributed by atoms with Gasteiger partial charge in [-0.15, -0.1) is 0 Å². The predicted molar refractivity (Wildman–Crippen MR) is 61.0 cm³/mol. The van der Waals surface area contributed by atoms with E-state index in [2.05, 4.69) is 0 Å². The van der Waals surface area contributed by atoms with Crippen LogP contribution in [0.1, 0.15) is 19.3 Å². The minimum Gasteiger partial charge on any atom is -0.226 e. The maximum absolute atomic E-state index is 14.2. The fourth-order valence-corrected chi connectivity index (χ4v) is 3.69. The van der Waals surface area contributed by atoms with Gasteiger partial charge in [0.05, 0.1) is 0 Å². The molecule has 0 aromatic rings. The van der Waals surface area contributed by atoms with Crippen molar-refractivity contribution >= 4 is 22.6 Å². The van der Waals surface area contributed by atoms with Gasteiger partial charge in [-0.05, 0) is 12.8 Å². The van der Waals surface area contributed by atoms with E-state index in [0.29, 0.717) is 0 Å². The molecule has 1 aliphatic carbocycles. The third-order valence-electron chi connectivity index (χ3n) is 3.56. The highest BCUT2D eigenvalue weighted by molar-refractivity contribution is 14.1. The highest BCUT2D eigenvalue weighted by Crippen LogP contribution is 2.62. The molecule has 0 aromatic heterocycles. The van der Waals surface area contributed by atoms with Gasteiger partial charge in [-0.25, -0.2) is 4.39 Å². The van der Waals surface area contributed by atoms with Crippen molar-refractivity contribution in [2.24, 2.45) is 5.92 Å². The van der Waals surface area contributed by atoms with Gasteiger partial charge in [-0.1, -0.05) is 29.0 Å². The molecule has 0 aliphatic heterocycles. The van der Waals surface area contributed by atoms with Crippen LogP contribution >= 0.6 is 22.6 Å². The Morgan fingerprint density at radius 2 is 1.09 bits per heavy atom. The Balaban J connectivity index is 3.52. The lowest BCUT2D eigenvalue weighted by Crippen LogP contribution is -2.70. The second kappa shape index (κ2) is 5.50. The monoisotopic (exact) mass is 464 g/mol. The molecule has 0 amide bonds. The number of hydrogen-bond acceptors (Lipinski definition) is 0. The number of halogens is 12. The largest absolute Gasteiger partial charge is 0.460 e. The van der Waals surface area contributed by atoms with Gasteiger partial charge < -0.3 is 0 Å². The van der Waals surface area contributed by atoms with Gasteiger partial charge in [0.2, 0.25) is 0 Å². The molecular weight excluding hydrogens is 456 g/mol. The minimum atomic E-state index is -7.16. The van der Waals surface area contributed by atoms with E-state index in [0.717, 1.165) is 22.6 Å². The first-order valence-corrected chi connectivity index (χ1v) is 6.98. The average Bonchev–Trinajstić information content (AvgIpc) is 2.71. The van der Waals surface area contributed by atoms with Gasteiger partial charge in [-0.2, -0.15) is 43.9 Å². The molecule has 3 atom stereocenters. The van der Waals surface area contributed by atoms with E-state index in [1.165, 1.54) is 0 Å². The molecule has 0 N–H and O–H groups in total. The topological polar surface area (TPSA) is 0 Å². The molecular formula is C10H8F11I. The summed E-state index contributed by atoms with van der Waals surface area (Å²) in [6.45, 7) is 0. The second-order valence-corrected chi connectivity index (χ2v) is 6.51. The maximum atomic E-state index is 14.2. The Labute approximate surface area is 130 Å². The van der Waals surface area contributed by atoms with E-state index in [-0.39, 0.29) is 12.8 Å². The molecule has 0 radical (unpaired) electrons. The fourth-order valence-electron chi connectivity index (χ4n) is 2.39. The smallest absolute Gasteiger partial charge is 0.226 e. The van der Waals surface area contributed by atoms with Gasteiger partial charge in [0.25, 0.3) is 5.67 Å². The molecule has 0 saturated heterocycles. The van der Waals surface area contributed by atoms with Crippen LogP contribution < -0.4 is 0 Å². The van der Waals surface area contributed by atoms with Crippen molar-refractivity contribution in [3.63, 3.8) is 0 Å². The molecule has 12 heteroatoms. The summed E-state index contributed by atoms with van der Waals surface area (Å²) in [6.07, 6.45) is -14.9. The lowest BCUT2D eigenvalue weighted by Gasteiger charge is -2.43. The van der Waals surface area contributed by atoms with Crippen molar-refractivity contribution in [2.45, 2.75) is 53.1 Å². The van der Waals surface area contributed by atoms with E-state index in [4.69, 9.17) is 0 Å². The SMILES string of the molecule is FC(F)(F)C(F)(F)C(F)(F)C(F)(C1CCCC1I)C(F)(F)F. The van der Waals surface area contributed by atoms with E-state index < -0.39 is 46.1 Å². The lowest BCUT2D eigenvalue weighted by molar-refractivity contribution is -0.419. The van der Waals surface area contributed by atoms with Crippen LogP contribution in [0.2, 0.25) is 0 Å². The zero-order valence-electron chi connectivity index (χ0n) is 10.3. The lowest BCUT2D eigenvalue weighted by atomic mass is 9.78. The molecule has 1 saturated carbocycles. The van der Waals surface area contributed by atoms with Gasteiger partial charge in [-0.3, -0.25) is 0 Å². The summed E-state index contributed by atoms with van der Waals surface area (Å²) >= 11 is 1.15. The summed E-state index contributed by atoms with van der Waals surface area (Å²) in [5.74, 6) is -16.9. The van der Waals surface area contributed by atoms with Crippen LogP contribution in [-0.2, 0) is 0 Å². The van der Waals surface area contributed by atoms with Crippen LogP contribution in [0, 0.1) is 5.92 Å². The fraction of sp³-hybridized carbons (Fsp3) is 1.00. The van der Waals surface area contributed by atoms with Crippen LogP contribution in [0.3, 0.4) is 0 Å². The van der Waals surface area contributed by atoms with Crippen molar-refractivity contribution in [3.05, 3.63) is 0 Å². The molecule has 22 heavy (non-hydrogen) atoms. The van der Waals surface area contributed by atoms with Crippen LogP contribution in [0.5, 0.6) is 0 Å². The summed E-state index contributed by atoms with van der Waals surface area (Å²) in [5, 5.41) is 0. The van der Waals surface area contributed by atoms with Crippen molar-refractivity contribution < 1.29 is 48.3 Å². The van der Waals surface area contributed by atoms with Gasteiger partial charge in [0.1, 0.15) is 0 Å². The normalized spacial score (nSPS) is 27.8. The van der Waals surface area contributed by atoms with Crippen molar-refractivity contribution in [3.8, 4) is 0 Å². The number of rotatable bonds is 3. The average molecular weight is 464 g/mol. The highest BCUT2D eigenvalue weighted by atomic mass is 127. The zero-order chi connectivity index (χ0) is 17.8. The molecule has 0 heterocycles. The first kappa shape index (κ1) is 20.0. The standard InChI is InChI=1S/C10H8F11I/c11-6(9(16,17)18,4-2-1-3-5(4)22)7(12,13)8(14,15)10(19,20)21/h4-5H,1-3H2. The van der Waals surface area contributed by atoms with Crippen molar-refractivity contribution in [1.82, 2.24) is 0 Å². The van der Waals surface area contributed by atoms with Crippen LogP contribution in [-0.4, -0.2) is 33.8 Å². The van der Waals surface area contributed by atoms with Crippen LogP contribution in [0.25, 0.3) is 0 Å². The first-order valence-electron chi connectivity index (χ1n) is 5.74. The molecule has 3 unspecified atom stereocenters. The molecule has 1 fully saturated rings. The number of alkyl halides is 12. The summed E-state index contributed by atoms with van der Waals surface area (Å²) in [7, 11) is 0. The van der Waals surface area contributed by atoms with Crippen molar-refractivity contribution in [2.75, 3.05) is 0 Å². The molecule has 0 nitrogen and oxygen atoms in total. The maximum Gasteiger partial charge on any atom is 0.460 e. The molecule has 1 rings (SSSR count). The van der Waals surface area contributed by atoms with Gasteiger partial charge in [0, 0.05) is 9.84 Å². The minimum absolute atomic E-state index is 0.187. The van der Waals surface area contributed by atoms with Gasteiger partial charge >= 0.3 is 24.2 Å². The van der Waals surface area contributed by atoms with E-state index in [9.17, 15) is 48.3 Å². The van der Waals surface area contributed by atoms with Gasteiger partial charge in [0.15, 0.2) is 0 Å². The molecule has 0 bridgehead atoms. The Hall–Kier alpha value is -0.0400. The van der Waals surface area contributed by atoms with E-state index in [1.54, 1.807) is 0 Å².